The van der Waals surface area contributed by atoms with Crippen LogP contribution in [0.5, 0.6) is 0 Å². The zero-order chi connectivity index (χ0) is 24.5. The van der Waals surface area contributed by atoms with Gasteiger partial charge in [0.1, 0.15) is 11.2 Å². The number of hydrogen-bond acceptors (Lipinski definition) is 11. The summed E-state index contributed by atoms with van der Waals surface area (Å²) in [7, 11) is 0. The van der Waals surface area contributed by atoms with E-state index in [1.54, 1.807) is 5.38 Å². The Morgan fingerprint density at radius 3 is 2.53 bits per heavy atom. The number of ether oxygens (including phenoxy) is 1. The van der Waals surface area contributed by atoms with Gasteiger partial charge in [-0.05, 0) is 35.7 Å². The summed E-state index contributed by atoms with van der Waals surface area (Å²) >= 11 is 1.11. The minimum Gasteiger partial charge on any atom is -0.478 e. The third-order valence-electron chi connectivity index (χ3n) is 4.59. The van der Waals surface area contributed by atoms with Gasteiger partial charge in [0, 0.05) is 24.5 Å². The van der Waals surface area contributed by atoms with Crippen molar-refractivity contribution >= 4 is 57.5 Å². The summed E-state index contributed by atoms with van der Waals surface area (Å²) in [5.41, 5.74) is 5.59. The minimum absolute atomic E-state index is 0.00567. The van der Waals surface area contributed by atoms with Crippen LogP contribution in [0.1, 0.15) is 10.4 Å². The average Bonchev–Trinajstić information content (AvgIpc) is 3.29. The lowest BCUT2D eigenvalue weighted by molar-refractivity contribution is -0.384. The zero-order valence-electron chi connectivity index (χ0n) is 17.7. The highest BCUT2D eigenvalue weighted by Gasteiger charge is 2.21. The van der Waals surface area contributed by atoms with Crippen molar-refractivity contribution in [2.45, 2.75) is 0 Å². The van der Waals surface area contributed by atoms with E-state index < -0.39 is 10.9 Å². The number of hydrogen-bond donors (Lipinski definition) is 4. The van der Waals surface area contributed by atoms with Crippen LogP contribution in [0.3, 0.4) is 0 Å². The Morgan fingerprint density at radius 2 is 1.91 bits per heavy atom. The van der Waals surface area contributed by atoms with E-state index in [0.29, 0.717) is 18.9 Å². The standard InChI is InChI=1S/C19H18N6O5S.CH3NO/c26-18(27)14-5-10-31-17(14)22-16-15(25(28)29)11-20-19(23-16)21-12-1-3-13(4-2-12)24-6-8-30-9-7-24;2-1-3/h1-5,10-11H,6-9H2,(H,26,27)(H2,20,21,22,23);1H,(H2,2,3). The van der Waals surface area contributed by atoms with Gasteiger partial charge in [0.2, 0.25) is 18.2 Å². The molecule has 0 saturated carbocycles. The summed E-state index contributed by atoms with van der Waals surface area (Å²) < 4.78 is 5.36. The number of nitro groups is 1. The van der Waals surface area contributed by atoms with Gasteiger partial charge in [-0.1, -0.05) is 0 Å². The van der Waals surface area contributed by atoms with Crippen molar-refractivity contribution in [1.29, 1.82) is 0 Å². The van der Waals surface area contributed by atoms with Crippen LogP contribution >= 0.6 is 11.3 Å². The maximum Gasteiger partial charge on any atom is 0.338 e. The number of thiophene rings is 1. The number of rotatable bonds is 7. The molecule has 14 heteroatoms. The molecular weight excluding hydrogens is 466 g/mol. The predicted molar refractivity (Wildman–Crippen MR) is 126 cm³/mol. The Morgan fingerprint density at radius 1 is 1.24 bits per heavy atom. The van der Waals surface area contributed by atoms with Crippen molar-refractivity contribution in [1.82, 2.24) is 9.97 Å². The molecule has 0 spiro atoms. The van der Waals surface area contributed by atoms with Gasteiger partial charge in [-0.3, -0.25) is 14.9 Å². The van der Waals surface area contributed by atoms with Crippen LogP contribution in [0.4, 0.5) is 33.8 Å². The maximum absolute atomic E-state index is 11.4. The van der Waals surface area contributed by atoms with Crippen molar-refractivity contribution in [3.8, 4) is 0 Å². The van der Waals surface area contributed by atoms with E-state index >= 15 is 0 Å². The molecule has 2 aromatic heterocycles. The normalized spacial score (nSPS) is 12.8. The molecule has 3 heterocycles. The summed E-state index contributed by atoms with van der Waals surface area (Å²) in [4.78, 5) is 41.1. The number of nitrogens with one attached hydrogen (secondary N) is 2. The van der Waals surface area contributed by atoms with E-state index in [4.69, 9.17) is 9.53 Å². The molecule has 0 unspecified atom stereocenters. The van der Waals surface area contributed by atoms with E-state index in [2.05, 4.69) is 31.2 Å². The highest BCUT2D eigenvalue weighted by atomic mass is 32.1. The molecule has 1 aromatic carbocycles. The second-order valence-electron chi connectivity index (χ2n) is 6.69. The summed E-state index contributed by atoms with van der Waals surface area (Å²) in [6.45, 7) is 3.04. The van der Waals surface area contributed by atoms with Crippen LogP contribution in [0.25, 0.3) is 0 Å². The van der Waals surface area contributed by atoms with Gasteiger partial charge >= 0.3 is 11.7 Å². The second-order valence-corrected chi connectivity index (χ2v) is 7.60. The molecule has 3 aromatic rings. The number of carboxylic acids is 1. The molecule has 1 fully saturated rings. The van der Waals surface area contributed by atoms with Crippen molar-refractivity contribution in [2.75, 3.05) is 41.8 Å². The van der Waals surface area contributed by atoms with E-state index in [1.165, 1.54) is 6.07 Å². The number of nitrogens with two attached hydrogens (primary N) is 1. The molecule has 0 bridgehead atoms. The van der Waals surface area contributed by atoms with Crippen LogP contribution in [-0.4, -0.2) is 58.7 Å². The molecule has 1 amide bonds. The monoisotopic (exact) mass is 487 g/mol. The molecule has 1 saturated heterocycles. The molecule has 0 radical (unpaired) electrons. The molecular formula is C20H21N7O6S. The number of carbonyl (C=O) groups excluding carboxylic acids is 1. The average molecular weight is 487 g/mol. The number of amides is 1. The second kappa shape index (κ2) is 11.5. The molecule has 4 rings (SSSR count). The van der Waals surface area contributed by atoms with Gasteiger partial charge in [-0.2, -0.15) is 4.98 Å². The van der Waals surface area contributed by atoms with Crippen LogP contribution in [0.15, 0.2) is 41.9 Å². The third kappa shape index (κ3) is 6.14. The molecule has 34 heavy (non-hydrogen) atoms. The lowest BCUT2D eigenvalue weighted by Gasteiger charge is -2.28. The van der Waals surface area contributed by atoms with E-state index in [1.807, 2.05) is 24.3 Å². The zero-order valence-corrected chi connectivity index (χ0v) is 18.5. The fraction of sp³-hybridized carbons (Fsp3) is 0.200. The summed E-state index contributed by atoms with van der Waals surface area (Å²) in [5.74, 6) is -1.10. The minimum atomic E-state index is -1.14. The summed E-state index contributed by atoms with van der Waals surface area (Å²) in [6, 6.07) is 9.07. The van der Waals surface area contributed by atoms with Gasteiger partial charge in [0.15, 0.2) is 0 Å². The lowest BCUT2D eigenvalue weighted by Crippen LogP contribution is -2.36. The molecule has 13 nitrogen and oxygen atoms in total. The van der Waals surface area contributed by atoms with E-state index in [0.717, 1.165) is 36.3 Å². The first-order valence-electron chi connectivity index (χ1n) is 9.87. The van der Waals surface area contributed by atoms with Crippen LogP contribution in [0.2, 0.25) is 0 Å². The number of aromatic carboxylic acids is 1. The first-order chi connectivity index (χ1) is 16.4. The smallest absolute Gasteiger partial charge is 0.338 e. The summed E-state index contributed by atoms with van der Waals surface area (Å²) in [6.07, 6.45) is 1.33. The number of primary amides is 1. The van der Waals surface area contributed by atoms with Crippen LogP contribution < -0.4 is 21.3 Å². The van der Waals surface area contributed by atoms with Gasteiger partial charge in [0.25, 0.3) is 0 Å². The molecule has 5 N–H and O–H groups in total. The molecule has 1 aliphatic heterocycles. The van der Waals surface area contributed by atoms with Crippen molar-refractivity contribution in [3.05, 3.63) is 57.6 Å². The Hall–Kier alpha value is -4.30. The number of carboxylic acid groups (broad SMARTS) is 1. The fourth-order valence-electron chi connectivity index (χ4n) is 3.05. The van der Waals surface area contributed by atoms with Gasteiger partial charge in [0.05, 0.1) is 23.7 Å². The summed E-state index contributed by atoms with van der Waals surface area (Å²) in [5, 5.41) is 28.2. The van der Waals surface area contributed by atoms with Crippen molar-refractivity contribution in [3.63, 3.8) is 0 Å². The van der Waals surface area contributed by atoms with Gasteiger partial charge < -0.3 is 31.1 Å². The van der Waals surface area contributed by atoms with E-state index in [-0.39, 0.29) is 34.4 Å². The number of carbonyl (C=O) groups is 2. The van der Waals surface area contributed by atoms with Crippen LogP contribution in [0, 0.1) is 10.1 Å². The third-order valence-corrected chi connectivity index (χ3v) is 5.42. The molecule has 178 valence electrons. The predicted octanol–water partition coefficient (Wildman–Crippen LogP) is 2.57. The molecule has 1 aliphatic rings. The van der Waals surface area contributed by atoms with E-state index in [9.17, 15) is 20.0 Å². The van der Waals surface area contributed by atoms with Gasteiger partial charge in [-0.25, -0.2) is 9.78 Å². The maximum atomic E-state index is 11.4. The van der Waals surface area contributed by atoms with Gasteiger partial charge in [-0.15, -0.1) is 11.3 Å². The number of anilines is 5. The number of nitrogens with zero attached hydrogens (tertiary/aromatic N) is 4. The SMILES string of the molecule is NC=O.O=C(O)c1ccsc1Nc1nc(Nc2ccc(N3CCOCC3)cc2)ncc1[N+](=O)[O-]. The van der Waals surface area contributed by atoms with Crippen molar-refractivity contribution < 1.29 is 24.4 Å². The fourth-order valence-corrected chi connectivity index (χ4v) is 3.83. The molecule has 0 atom stereocenters. The highest BCUT2D eigenvalue weighted by Crippen LogP contribution is 2.31. The quantitative estimate of drug-likeness (QED) is 0.218. The highest BCUT2D eigenvalue weighted by molar-refractivity contribution is 7.14. The largest absolute Gasteiger partial charge is 0.478 e. The topological polar surface area (TPSA) is 186 Å². The Balaban J connectivity index is 0.00000103. The Bertz CT molecular complexity index is 1150. The Labute approximate surface area is 197 Å². The first kappa shape index (κ1) is 24.3. The number of morpholine rings is 1. The lowest BCUT2D eigenvalue weighted by atomic mass is 10.2. The molecule has 0 aliphatic carbocycles. The van der Waals surface area contributed by atoms with Crippen molar-refractivity contribution in [2.24, 2.45) is 5.73 Å². The number of aromatic nitrogens is 2. The number of benzene rings is 1. The first-order valence-corrected chi connectivity index (χ1v) is 10.7. The Kier molecular flexibility index (Phi) is 8.26. The van der Waals surface area contributed by atoms with Crippen LogP contribution in [-0.2, 0) is 9.53 Å².